The fourth-order valence-corrected chi connectivity index (χ4v) is 6.45. The van der Waals surface area contributed by atoms with Crippen molar-refractivity contribution in [1.29, 1.82) is 0 Å². The summed E-state index contributed by atoms with van der Waals surface area (Å²) in [6, 6.07) is 2.74. The largest absolute Gasteiger partial charge is 0.355 e. The second-order valence-electron chi connectivity index (χ2n) is 8.84. The maximum atomic E-state index is 13.2. The highest BCUT2D eigenvalue weighted by Gasteiger charge is 2.41. The summed E-state index contributed by atoms with van der Waals surface area (Å²) in [7, 11) is 0. The van der Waals surface area contributed by atoms with Crippen molar-refractivity contribution >= 4 is 33.3 Å². The number of nitrogens with two attached hydrogens (primary N) is 1. The van der Waals surface area contributed by atoms with E-state index in [2.05, 4.69) is 31.6 Å². The predicted octanol–water partition coefficient (Wildman–Crippen LogP) is 2.93. The van der Waals surface area contributed by atoms with Crippen LogP contribution in [0.1, 0.15) is 44.9 Å². The highest BCUT2D eigenvalue weighted by molar-refractivity contribution is 7.16. The Hall–Kier alpha value is -1.73. The summed E-state index contributed by atoms with van der Waals surface area (Å²) < 4.78 is 0. The Kier molecular flexibility index (Phi) is 4.97. The highest BCUT2D eigenvalue weighted by atomic mass is 32.1. The Bertz CT molecular complexity index is 840. The summed E-state index contributed by atoms with van der Waals surface area (Å²) in [4.78, 5) is 25.4. The summed E-state index contributed by atoms with van der Waals surface area (Å²) in [5, 5.41) is 6.62. The highest BCUT2D eigenvalue weighted by Crippen LogP contribution is 2.40. The number of thiophene rings is 1. The predicted molar refractivity (Wildman–Crippen MR) is 112 cm³/mol. The molecule has 2 aromatic heterocycles. The van der Waals surface area contributed by atoms with Gasteiger partial charge in [0.15, 0.2) is 0 Å². The maximum absolute atomic E-state index is 13.2. The van der Waals surface area contributed by atoms with E-state index in [1.165, 1.54) is 19.3 Å². The molecule has 2 bridgehead atoms. The number of rotatable bonds is 3. The number of nitrogens with one attached hydrogen (secondary N) is 1. The average Bonchev–Trinajstić information content (AvgIpc) is 3.17. The first-order chi connectivity index (χ1) is 13.7. The maximum Gasteiger partial charge on any atom is 0.225 e. The van der Waals surface area contributed by atoms with Crippen LogP contribution >= 0.6 is 11.3 Å². The molecular formula is C21H29N5OS. The van der Waals surface area contributed by atoms with Gasteiger partial charge < -0.3 is 16.0 Å². The van der Waals surface area contributed by atoms with Crippen LogP contribution < -0.4 is 16.0 Å². The van der Waals surface area contributed by atoms with Gasteiger partial charge in [0.2, 0.25) is 5.91 Å². The van der Waals surface area contributed by atoms with Crippen LogP contribution in [0.3, 0.4) is 0 Å². The minimum atomic E-state index is 0.0359. The number of aromatic nitrogens is 2. The van der Waals surface area contributed by atoms with E-state index < -0.39 is 0 Å². The van der Waals surface area contributed by atoms with Crippen molar-refractivity contribution in [3.05, 3.63) is 17.8 Å². The lowest BCUT2D eigenvalue weighted by molar-refractivity contribution is -0.127. The molecule has 5 rings (SSSR count). The second-order valence-corrected chi connectivity index (χ2v) is 9.73. The van der Waals surface area contributed by atoms with E-state index in [-0.39, 0.29) is 11.8 Å². The van der Waals surface area contributed by atoms with Crippen molar-refractivity contribution in [2.75, 3.05) is 18.0 Å². The number of carbonyl (C=O) groups is 1. The molecule has 2 aliphatic carbocycles. The first-order valence-electron chi connectivity index (χ1n) is 10.7. The van der Waals surface area contributed by atoms with Crippen LogP contribution in [-0.2, 0) is 4.79 Å². The molecule has 2 aromatic rings. The summed E-state index contributed by atoms with van der Waals surface area (Å²) in [6.07, 6.45) is 9.47. The molecule has 1 amide bonds. The lowest BCUT2D eigenvalue weighted by Gasteiger charge is -2.46. The Balaban J connectivity index is 1.29. The number of nitrogens with zero attached hydrogens (tertiary/aromatic N) is 3. The minimum Gasteiger partial charge on any atom is -0.355 e. The summed E-state index contributed by atoms with van der Waals surface area (Å²) in [6.45, 7) is 1.70. The van der Waals surface area contributed by atoms with Gasteiger partial charge in [-0.25, -0.2) is 9.97 Å². The molecular weight excluding hydrogens is 370 g/mol. The third-order valence-electron chi connectivity index (χ3n) is 7.02. The fraction of sp³-hybridized carbons (Fsp3) is 0.667. The number of hydrogen-bond donors (Lipinski definition) is 2. The van der Waals surface area contributed by atoms with Gasteiger partial charge in [-0.15, -0.1) is 11.3 Å². The summed E-state index contributed by atoms with van der Waals surface area (Å²) in [5.41, 5.74) is 6.25. The number of carbonyl (C=O) groups excluding carboxylic acids is 1. The number of hydrogen-bond acceptors (Lipinski definition) is 6. The molecule has 3 atom stereocenters. The molecule has 0 aromatic carbocycles. The summed E-state index contributed by atoms with van der Waals surface area (Å²) in [5.74, 6) is 2.38. The SMILES string of the molecule is NC1CC2CCCC(C1)C2NC(=O)C1CCCN(c2ncnc3sccc23)C1. The molecule has 3 unspecified atom stereocenters. The normalized spacial score (nSPS) is 33.0. The molecule has 0 spiro atoms. The van der Waals surface area contributed by atoms with Crippen LogP contribution in [0.5, 0.6) is 0 Å². The zero-order valence-electron chi connectivity index (χ0n) is 16.2. The van der Waals surface area contributed by atoms with Gasteiger partial charge in [-0.3, -0.25) is 4.79 Å². The quantitative estimate of drug-likeness (QED) is 0.829. The Morgan fingerprint density at radius 1 is 1.18 bits per heavy atom. The van der Waals surface area contributed by atoms with Crippen molar-refractivity contribution in [1.82, 2.24) is 15.3 Å². The van der Waals surface area contributed by atoms with Crippen LogP contribution in [-0.4, -0.2) is 41.0 Å². The van der Waals surface area contributed by atoms with Crippen molar-refractivity contribution < 1.29 is 4.79 Å². The summed E-state index contributed by atoms with van der Waals surface area (Å²) >= 11 is 1.64. The third kappa shape index (κ3) is 3.39. The molecule has 3 N–H and O–H groups in total. The smallest absolute Gasteiger partial charge is 0.225 e. The molecule has 150 valence electrons. The average molecular weight is 400 g/mol. The van der Waals surface area contributed by atoms with Gasteiger partial charge in [0.1, 0.15) is 17.0 Å². The molecule has 6 nitrogen and oxygen atoms in total. The van der Waals surface area contributed by atoms with Crippen molar-refractivity contribution in [3.63, 3.8) is 0 Å². The van der Waals surface area contributed by atoms with Crippen molar-refractivity contribution in [2.45, 2.75) is 57.0 Å². The van der Waals surface area contributed by atoms with Gasteiger partial charge in [0.05, 0.1) is 11.3 Å². The molecule has 0 radical (unpaired) electrons. The van der Waals surface area contributed by atoms with Gasteiger partial charge in [-0.05, 0) is 61.8 Å². The van der Waals surface area contributed by atoms with Gasteiger partial charge in [0, 0.05) is 25.2 Å². The Labute approximate surface area is 169 Å². The van der Waals surface area contributed by atoms with E-state index in [1.54, 1.807) is 17.7 Å². The number of amides is 1. The van der Waals surface area contributed by atoms with Crippen LogP contribution in [0, 0.1) is 17.8 Å². The van der Waals surface area contributed by atoms with E-state index >= 15 is 0 Å². The van der Waals surface area contributed by atoms with Gasteiger partial charge >= 0.3 is 0 Å². The van der Waals surface area contributed by atoms with Gasteiger partial charge in [0.25, 0.3) is 0 Å². The van der Waals surface area contributed by atoms with E-state index in [0.717, 1.165) is 54.8 Å². The van der Waals surface area contributed by atoms with Crippen LogP contribution in [0.15, 0.2) is 17.8 Å². The zero-order valence-corrected chi connectivity index (χ0v) is 17.0. The molecule has 3 aliphatic rings. The molecule has 28 heavy (non-hydrogen) atoms. The van der Waals surface area contributed by atoms with Crippen LogP contribution in [0.25, 0.3) is 10.2 Å². The lowest BCUT2D eigenvalue weighted by Crippen LogP contribution is -2.56. The van der Waals surface area contributed by atoms with Crippen molar-refractivity contribution in [3.8, 4) is 0 Å². The molecule has 3 fully saturated rings. The number of fused-ring (bicyclic) bond motifs is 3. The first kappa shape index (κ1) is 18.3. The molecule has 1 aliphatic heterocycles. The van der Waals surface area contributed by atoms with Crippen LogP contribution in [0.2, 0.25) is 0 Å². The topological polar surface area (TPSA) is 84.1 Å². The number of anilines is 1. The zero-order chi connectivity index (χ0) is 19.1. The lowest BCUT2D eigenvalue weighted by atomic mass is 9.67. The van der Waals surface area contributed by atoms with Crippen LogP contribution in [0.4, 0.5) is 5.82 Å². The van der Waals surface area contributed by atoms with E-state index in [9.17, 15) is 4.79 Å². The van der Waals surface area contributed by atoms with E-state index in [1.807, 2.05) is 0 Å². The van der Waals surface area contributed by atoms with Gasteiger partial charge in [-0.1, -0.05) is 6.42 Å². The van der Waals surface area contributed by atoms with Gasteiger partial charge in [-0.2, -0.15) is 0 Å². The van der Waals surface area contributed by atoms with E-state index in [0.29, 0.717) is 23.9 Å². The fourth-order valence-electron chi connectivity index (χ4n) is 5.72. The van der Waals surface area contributed by atoms with Crippen molar-refractivity contribution in [2.24, 2.45) is 23.5 Å². The second kappa shape index (κ2) is 7.59. The minimum absolute atomic E-state index is 0.0359. The standard InChI is InChI=1S/C21H29N5OS/c22-16-9-13-3-1-4-14(10-16)18(13)25-20(27)15-5-2-7-26(11-15)19-17-6-8-28-21(17)24-12-23-19/h6,8,12-16,18H,1-5,7,9-11,22H2,(H,25,27). The molecule has 3 heterocycles. The molecule has 1 saturated heterocycles. The van der Waals surface area contributed by atoms with E-state index in [4.69, 9.17) is 5.73 Å². The third-order valence-corrected chi connectivity index (χ3v) is 7.84. The monoisotopic (exact) mass is 399 g/mol. The first-order valence-corrected chi connectivity index (χ1v) is 11.6. The Morgan fingerprint density at radius 3 is 2.82 bits per heavy atom. The molecule has 2 saturated carbocycles. The number of piperidine rings is 1. The Morgan fingerprint density at radius 2 is 2.00 bits per heavy atom. The molecule has 7 heteroatoms.